The molecule has 0 saturated heterocycles. The standard InChI is InChI=1S/C28H29Cl3N2O2/c1-19(2)17-32-28(35)26(15-20-7-4-3-5-8-20)33(18-21-11-13-22(29)14-12-21)27(34)16-23-24(30)9-6-10-25(23)31/h3-14,19,26H,15-18H2,1-2H3,(H,32,35)/t26-/m1/s1. The fraction of sp³-hybridized carbons (Fsp3) is 0.286. The Balaban J connectivity index is 1.98. The van der Waals surface area contributed by atoms with Crippen molar-refractivity contribution in [1.29, 1.82) is 0 Å². The highest BCUT2D eigenvalue weighted by molar-refractivity contribution is 6.36. The SMILES string of the molecule is CC(C)CNC(=O)[C@@H](Cc1ccccc1)N(Cc1ccc(Cl)cc1)C(=O)Cc1c(Cl)cccc1Cl. The maximum absolute atomic E-state index is 13.8. The minimum atomic E-state index is -0.722. The third kappa shape index (κ3) is 7.99. The van der Waals surface area contributed by atoms with Crippen molar-refractivity contribution < 1.29 is 9.59 Å². The van der Waals surface area contributed by atoms with Gasteiger partial charge in [0.05, 0.1) is 6.42 Å². The van der Waals surface area contributed by atoms with Gasteiger partial charge in [-0.2, -0.15) is 0 Å². The van der Waals surface area contributed by atoms with Crippen molar-refractivity contribution in [2.75, 3.05) is 6.54 Å². The average Bonchev–Trinajstić information content (AvgIpc) is 2.84. The summed E-state index contributed by atoms with van der Waals surface area (Å²) in [5, 5.41) is 4.45. The molecule has 2 amide bonds. The highest BCUT2D eigenvalue weighted by Crippen LogP contribution is 2.26. The van der Waals surface area contributed by atoms with Crippen LogP contribution in [0, 0.1) is 5.92 Å². The molecule has 0 spiro atoms. The summed E-state index contributed by atoms with van der Waals surface area (Å²) >= 11 is 18.8. The number of benzene rings is 3. The van der Waals surface area contributed by atoms with Gasteiger partial charge in [-0.05, 0) is 46.9 Å². The summed E-state index contributed by atoms with van der Waals surface area (Å²) in [4.78, 5) is 28.8. The van der Waals surface area contributed by atoms with Crippen molar-refractivity contribution >= 4 is 46.6 Å². The zero-order valence-corrected chi connectivity index (χ0v) is 22.1. The largest absolute Gasteiger partial charge is 0.354 e. The summed E-state index contributed by atoms with van der Waals surface area (Å²) in [5.41, 5.74) is 2.37. The second-order valence-electron chi connectivity index (χ2n) is 8.87. The topological polar surface area (TPSA) is 49.4 Å². The van der Waals surface area contributed by atoms with Crippen LogP contribution >= 0.6 is 34.8 Å². The zero-order chi connectivity index (χ0) is 25.4. The first kappa shape index (κ1) is 27.1. The van der Waals surface area contributed by atoms with Gasteiger partial charge >= 0.3 is 0 Å². The van der Waals surface area contributed by atoms with E-state index >= 15 is 0 Å². The lowest BCUT2D eigenvalue weighted by atomic mass is 10.0. The van der Waals surface area contributed by atoms with Crippen LogP contribution in [0.15, 0.2) is 72.8 Å². The lowest BCUT2D eigenvalue weighted by Crippen LogP contribution is -2.51. The highest BCUT2D eigenvalue weighted by atomic mass is 35.5. The van der Waals surface area contributed by atoms with Crippen molar-refractivity contribution in [1.82, 2.24) is 10.2 Å². The number of rotatable bonds is 10. The van der Waals surface area contributed by atoms with Crippen LogP contribution in [0.1, 0.15) is 30.5 Å². The van der Waals surface area contributed by atoms with Crippen molar-refractivity contribution in [2.45, 2.75) is 39.3 Å². The Labute approximate surface area is 222 Å². The molecule has 3 rings (SSSR count). The van der Waals surface area contributed by atoms with Crippen LogP contribution in [0.2, 0.25) is 15.1 Å². The molecule has 184 valence electrons. The van der Waals surface area contributed by atoms with Crippen molar-refractivity contribution in [2.24, 2.45) is 5.92 Å². The van der Waals surface area contributed by atoms with Gasteiger partial charge < -0.3 is 10.2 Å². The lowest BCUT2D eigenvalue weighted by Gasteiger charge is -2.32. The Kier molecular flexibility index (Phi) is 10.0. The highest BCUT2D eigenvalue weighted by Gasteiger charge is 2.31. The number of nitrogens with zero attached hydrogens (tertiary/aromatic N) is 1. The van der Waals surface area contributed by atoms with Crippen molar-refractivity contribution in [3.8, 4) is 0 Å². The summed E-state index contributed by atoms with van der Waals surface area (Å²) < 4.78 is 0. The number of hydrogen-bond donors (Lipinski definition) is 1. The summed E-state index contributed by atoms with van der Waals surface area (Å²) in [6.07, 6.45) is 0.356. The Morgan fingerprint density at radius 1 is 0.829 bits per heavy atom. The molecular weight excluding hydrogens is 503 g/mol. The van der Waals surface area contributed by atoms with Crippen molar-refractivity contribution in [3.05, 3.63) is 105 Å². The molecule has 3 aromatic rings. The second-order valence-corrected chi connectivity index (χ2v) is 10.1. The fourth-order valence-electron chi connectivity index (χ4n) is 3.72. The molecule has 0 fully saturated rings. The van der Waals surface area contributed by atoms with Crippen molar-refractivity contribution in [3.63, 3.8) is 0 Å². The minimum Gasteiger partial charge on any atom is -0.354 e. The van der Waals surface area contributed by atoms with E-state index in [0.29, 0.717) is 33.6 Å². The van der Waals surface area contributed by atoms with Gasteiger partial charge in [-0.3, -0.25) is 9.59 Å². The van der Waals surface area contributed by atoms with Gasteiger partial charge in [-0.25, -0.2) is 0 Å². The normalized spacial score (nSPS) is 11.8. The molecule has 0 aliphatic carbocycles. The monoisotopic (exact) mass is 530 g/mol. The summed E-state index contributed by atoms with van der Waals surface area (Å²) in [7, 11) is 0. The number of carbonyl (C=O) groups excluding carboxylic acids is 2. The van der Waals surface area contributed by atoms with Gasteiger partial charge in [0.1, 0.15) is 6.04 Å². The molecule has 0 unspecified atom stereocenters. The Hall–Kier alpha value is -2.53. The molecule has 0 heterocycles. The van der Waals surface area contributed by atoms with Gasteiger partial charge in [0.2, 0.25) is 11.8 Å². The molecule has 0 radical (unpaired) electrons. The Bertz CT molecular complexity index is 1110. The quantitative estimate of drug-likeness (QED) is 0.320. The maximum Gasteiger partial charge on any atom is 0.243 e. The van der Waals surface area contributed by atoms with E-state index in [0.717, 1.165) is 11.1 Å². The first-order valence-corrected chi connectivity index (χ1v) is 12.7. The first-order valence-electron chi connectivity index (χ1n) is 11.5. The number of nitrogens with one attached hydrogen (secondary N) is 1. The minimum absolute atomic E-state index is 0.0190. The lowest BCUT2D eigenvalue weighted by molar-refractivity contribution is -0.140. The van der Waals surface area contributed by atoms with E-state index < -0.39 is 6.04 Å². The van der Waals surface area contributed by atoms with Crippen LogP contribution < -0.4 is 5.32 Å². The van der Waals surface area contributed by atoms with Gasteiger partial charge in [0.15, 0.2) is 0 Å². The predicted octanol–water partition coefficient (Wildman–Crippen LogP) is 6.60. The molecule has 1 N–H and O–H groups in total. The molecule has 0 saturated carbocycles. The Morgan fingerprint density at radius 2 is 1.46 bits per heavy atom. The van der Waals surface area contributed by atoms with E-state index in [1.54, 1.807) is 35.2 Å². The van der Waals surface area contributed by atoms with Crippen LogP contribution in [-0.2, 0) is 29.0 Å². The van der Waals surface area contributed by atoms with Crippen LogP contribution in [0.5, 0.6) is 0 Å². The predicted molar refractivity (Wildman–Crippen MR) is 144 cm³/mol. The average molecular weight is 532 g/mol. The van der Waals surface area contributed by atoms with Crippen LogP contribution in [0.25, 0.3) is 0 Å². The van der Waals surface area contributed by atoms with Crippen LogP contribution in [0.4, 0.5) is 0 Å². The first-order chi connectivity index (χ1) is 16.7. The van der Waals surface area contributed by atoms with E-state index in [4.69, 9.17) is 34.8 Å². The van der Waals surface area contributed by atoms with Crippen LogP contribution in [0.3, 0.4) is 0 Å². The van der Waals surface area contributed by atoms with Crippen LogP contribution in [-0.4, -0.2) is 29.3 Å². The maximum atomic E-state index is 13.8. The van der Waals surface area contributed by atoms with E-state index in [1.165, 1.54) is 0 Å². The third-order valence-electron chi connectivity index (χ3n) is 5.61. The molecule has 1 atom stereocenters. The van der Waals surface area contributed by atoms with Gasteiger partial charge in [-0.15, -0.1) is 0 Å². The number of hydrogen-bond acceptors (Lipinski definition) is 2. The second kappa shape index (κ2) is 13.0. The molecule has 7 heteroatoms. The van der Waals surface area contributed by atoms with E-state index in [1.807, 2.05) is 56.3 Å². The molecule has 0 bridgehead atoms. The number of carbonyl (C=O) groups is 2. The summed E-state index contributed by atoms with van der Waals surface area (Å²) in [5.74, 6) is -0.163. The zero-order valence-electron chi connectivity index (χ0n) is 19.8. The summed E-state index contributed by atoms with van der Waals surface area (Å²) in [6.45, 7) is 4.82. The van der Waals surface area contributed by atoms with Gasteiger partial charge in [-0.1, -0.05) is 97.2 Å². The number of halogens is 3. The van der Waals surface area contributed by atoms with Gasteiger partial charge in [0.25, 0.3) is 0 Å². The summed E-state index contributed by atoms with van der Waals surface area (Å²) in [6, 6.07) is 21.4. The smallest absolute Gasteiger partial charge is 0.243 e. The third-order valence-corrected chi connectivity index (χ3v) is 6.57. The van der Waals surface area contributed by atoms with E-state index in [2.05, 4.69) is 5.32 Å². The molecule has 0 aliphatic heterocycles. The molecule has 0 aromatic heterocycles. The Morgan fingerprint density at radius 3 is 2.06 bits per heavy atom. The molecule has 0 aliphatic rings. The molecule has 4 nitrogen and oxygen atoms in total. The van der Waals surface area contributed by atoms with E-state index in [9.17, 15) is 9.59 Å². The van der Waals surface area contributed by atoms with Gasteiger partial charge in [0, 0.05) is 34.6 Å². The number of amides is 2. The molecular formula is C28H29Cl3N2O2. The van der Waals surface area contributed by atoms with E-state index in [-0.39, 0.29) is 30.7 Å². The molecule has 3 aromatic carbocycles. The fourth-order valence-corrected chi connectivity index (χ4v) is 4.37. The molecule has 35 heavy (non-hydrogen) atoms.